The summed E-state index contributed by atoms with van der Waals surface area (Å²) in [6, 6.07) is -1.14. The molecule has 0 radical (unpaired) electrons. The largest absolute Gasteiger partial charge is 0.334 e. The predicted molar refractivity (Wildman–Crippen MR) is 106 cm³/mol. The second-order valence-corrected chi connectivity index (χ2v) is 8.32. The van der Waals surface area contributed by atoms with E-state index < -0.39 is 6.04 Å². The summed E-state index contributed by atoms with van der Waals surface area (Å²) in [5.41, 5.74) is 0. The van der Waals surface area contributed by atoms with E-state index in [-0.39, 0.29) is 42.2 Å². The van der Waals surface area contributed by atoms with Crippen molar-refractivity contribution >= 4 is 18.0 Å². The molecule has 6 nitrogen and oxygen atoms in total. The lowest BCUT2D eigenvalue weighted by atomic mass is 9.96. The molecule has 0 heterocycles. The quantitative estimate of drug-likeness (QED) is 0.485. The highest BCUT2D eigenvalue weighted by Gasteiger charge is 2.31. The Kier molecular flexibility index (Phi) is 11.6. The number of ketones is 1. The number of aldehydes is 1. The number of nitrogens with zero attached hydrogens (tertiary/aromatic N) is 1. The molecule has 0 bridgehead atoms. The van der Waals surface area contributed by atoms with Gasteiger partial charge in [0.2, 0.25) is 5.91 Å². The average molecular weight is 370 g/mol. The molecular formula is C20H39N3O3. The summed E-state index contributed by atoms with van der Waals surface area (Å²) in [5.74, 6) is 0.662. The molecule has 1 amide bonds. The maximum absolute atomic E-state index is 12.9. The van der Waals surface area contributed by atoms with Gasteiger partial charge in [-0.1, -0.05) is 41.5 Å². The Morgan fingerprint density at radius 1 is 1.00 bits per heavy atom. The van der Waals surface area contributed by atoms with E-state index >= 15 is 0 Å². The van der Waals surface area contributed by atoms with Gasteiger partial charge in [0.1, 0.15) is 6.29 Å². The van der Waals surface area contributed by atoms with E-state index in [1.54, 1.807) is 19.0 Å². The summed E-state index contributed by atoms with van der Waals surface area (Å²) in [5, 5.41) is 6.09. The molecule has 2 N–H and O–H groups in total. The van der Waals surface area contributed by atoms with Crippen molar-refractivity contribution in [3.63, 3.8) is 0 Å². The summed E-state index contributed by atoms with van der Waals surface area (Å²) in [6.07, 6.45) is 2.17. The van der Waals surface area contributed by atoms with Crippen LogP contribution >= 0.6 is 0 Å². The van der Waals surface area contributed by atoms with E-state index in [9.17, 15) is 14.4 Å². The van der Waals surface area contributed by atoms with E-state index in [1.807, 2.05) is 27.7 Å². The highest BCUT2D eigenvalue weighted by Crippen LogP contribution is 2.15. The van der Waals surface area contributed by atoms with Crippen LogP contribution in [0.15, 0.2) is 0 Å². The van der Waals surface area contributed by atoms with Crippen molar-refractivity contribution in [1.82, 2.24) is 15.5 Å². The number of likely N-dealkylation sites (N-methyl/N-ethyl adjacent to an activating group) is 2. The van der Waals surface area contributed by atoms with Crippen molar-refractivity contribution in [2.75, 3.05) is 20.6 Å². The molecule has 0 aliphatic rings. The van der Waals surface area contributed by atoms with E-state index in [1.165, 1.54) is 0 Å². The van der Waals surface area contributed by atoms with Crippen molar-refractivity contribution < 1.29 is 14.4 Å². The van der Waals surface area contributed by atoms with Gasteiger partial charge in [-0.3, -0.25) is 9.59 Å². The minimum atomic E-state index is -0.488. The molecule has 0 aliphatic carbocycles. The first-order valence-corrected chi connectivity index (χ1v) is 9.70. The number of nitrogens with one attached hydrogen (secondary N) is 2. The lowest BCUT2D eigenvalue weighted by molar-refractivity contribution is -0.140. The van der Waals surface area contributed by atoms with Gasteiger partial charge in [-0.25, -0.2) is 0 Å². The molecule has 6 heteroatoms. The average Bonchev–Trinajstić information content (AvgIpc) is 2.55. The molecular weight excluding hydrogens is 330 g/mol. The van der Waals surface area contributed by atoms with Crippen LogP contribution in [-0.4, -0.2) is 61.6 Å². The van der Waals surface area contributed by atoms with Crippen molar-refractivity contribution in [2.45, 2.75) is 72.5 Å². The molecule has 0 saturated heterocycles. The summed E-state index contributed by atoms with van der Waals surface area (Å²) in [7, 11) is 3.48. The first-order chi connectivity index (χ1) is 12.0. The number of Topliss-reactive ketones (excluding diaryl/α,β-unsaturated/α-hetero) is 1. The Bertz CT molecular complexity index is 450. The molecule has 0 unspecified atom stereocenters. The van der Waals surface area contributed by atoms with Gasteiger partial charge in [0.25, 0.3) is 0 Å². The van der Waals surface area contributed by atoms with Crippen LogP contribution in [0.2, 0.25) is 0 Å². The zero-order valence-corrected chi connectivity index (χ0v) is 17.8. The number of hydrogen-bond donors (Lipinski definition) is 2. The van der Waals surface area contributed by atoms with Crippen LogP contribution in [0, 0.1) is 17.8 Å². The normalized spacial score (nSPS) is 15.2. The third-order valence-electron chi connectivity index (χ3n) is 4.61. The Morgan fingerprint density at radius 2 is 1.54 bits per heavy atom. The zero-order valence-electron chi connectivity index (χ0n) is 17.8. The van der Waals surface area contributed by atoms with Crippen molar-refractivity contribution in [2.24, 2.45) is 17.8 Å². The Balaban J connectivity index is 5.18. The fourth-order valence-corrected chi connectivity index (χ4v) is 2.94. The molecule has 0 aromatic rings. The highest BCUT2D eigenvalue weighted by atomic mass is 16.2. The van der Waals surface area contributed by atoms with Crippen LogP contribution in [-0.2, 0) is 14.4 Å². The molecule has 0 spiro atoms. The van der Waals surface area contributed by atoms with Crippen LogP contribution in [0.5, 0.6) is 0 Å². The molecule has 3 atom stereocenters. The van der Waals surface area contributed by atoms with Crippen molar-refractivity contribution in [3.05, 3.63) is 0 Å². The first kappa shape index (κ1) is 24.7. The molecule has 0 aromatic carbocycles. The molecule has 0 aliphatic heterocycles. The minimum absolute atomic E-state index is 0.0542. The monoisotopic (exact) mass is 369 g/mol. The van der Waals surface area contributed by atoms with Gasteiger partial charge in [0.05, 0.1) is 24.7 Å². The van der Waals surface area contributed by atoms with Crippen LogP contribution in [0.4, 0.5) is 0 Å². The second-order valence-electron chi connectivity index (χ2n) is 8.32. The lowest BCUT2D eigenvalue weighted by Crippen LogP contribution is -2.53. The van der Waals surface area contributed by atoms with Crippen LogP contribution in [0.3, 0.4) is 0 Å². The maximum atomic E-state index is 12.9. The SMILES string of the molecule is CN[C@@H](CC(C)C)C(=O)N(C)[C@@H](CC(C)C)C(=O)CN[C@H](C=O)C(C)C. The summed E-state index contributed by atoms with van der Waals surface area (Å²) in [6.45, 7) is 12.2. The summed E-state index contributed by atoms with van der Waals surface area (Å²) >= 11 is 0. The van der Waals surface area contributed by atoms with Crippen molar-refractivity contribution in [1.29, 1.82) is 0 Å². The lowest BCUT2D eigenvalue weighted by Gasteiger charge is -2.32. The fraction of sp³-hybridized carbons (Fsp3) is 0.850. The number of amides is 1. The maximum Gasteiger partial charge on any atom is 0.240 e. The van der Waals surface area contributed by atoms with Gasteiger partial charge in [0, 0.05) is 7.05 Å². The number of carbonyl (C=O) groups excluding carboxylic acids is 3. The first-order valence-electron chi connectivity index (χ1n) is 9.70. The molecule has 0 rings (SSSR count). The van der Waals surface area contributed by atoms with E-state index in [0.717, 1.165) is 12.7 Å². The number of rotatable bonds is 13. The van der Waals surface area contributed by atoms with E-state index in [0.29, 0.717) is 12.3 Å². The molecule has 0 saturated carbocycles. The van der Waals surface area contributed by atoms with Gasteiger partial charge in [-0.05, 0) is 37.6 Å². The summed E-state index contributed by atoms with van der Waals surface area (Å²) in [4.78, 5) is 38.4. The predicted octanol–water partition coefficient (Wildman–Crippen LogP) is 1.88. The number of hydrogen-bond acceptors (Lipinski definition) is 5. The topological polar surface area (TPSA) is 78.5 Å². The van der Waals surface area contributed by atoms with Gasteiger partial charge in [-0.2, -0.15) is 0 Å². The second kappa shape index (κ2) is 12.2. The third kappa shape index (κ3) is 8.41. The Morgan fingerprint density at radius 3 is 1.92 bits per heavy atom. The number of carbonyl (C=O) groups is 3. The highest BCUT2D eigenvalue weighted by molar-refractivity contribution is 5.92. The van der Waals surface area contributed by atoms with Crippen LogP contribution in [0.25, 0.3) is 0 Å². The third-order valence-corrected chi connectivity index (χ3v) is 4.61. The molecule has 152 valence electrons. The molecule has 0 fully saturated rings. The summed E-state index contributed by atoms with van der Waals surface area (Å²) < 4.78 is 0. The van der Waals surface area contributed by atoms with Gasteiger partial charge >= 0.3 is 0 Å². The standard InChI is InChI=1S/C20H39N3O3/c1-13(2)9-16(21-7)20(26)23(8)18(10-14(3)4)19(25)11-22-17(12-24)15(5)6/h12-18,21-22H,9-11H2,1-8H3/t16-,17+,18-/m0/s1. The van der Waals surface area contributed by atoms with Crippen LogP contribution < -0.4 is 10.6 Å². The van der Waals surface area contributed by atoms with Gasteiger partial charge in [-0.15, -0.1) is 0 Å². The van der Waals surface area contributed by atoms with E-state index in [2.05, 4.69) is 24.5 Å². The molecule has 0 aromatic heterocycles. The molecule has 26 heavy (non-hydrogen) atoms. The van der Waals surface area contributed by atoms with Gasteiger partial charge < -0.3 is 20.3 Å². The zero-order chi connectivity index (χ0) is 20.4. The van der Waals surface area contributed by atoms with Gasteiger partial charge in [0.15, 0.2) is 5.78 Å². The Hall–Kier alpha value is -1.27. The van der Waals surface area contributed by atoms with Crippen molar-refractivity contribution in [3.8, 4) is 0 Å². The smallest absolute Gasteiger partial charge is 0.240 e. The minimum Gasteiger partial charge on any atom is -0.334 e. The fourth-order valence-electron chi connectivity index (χ4n) is 2.94. The van der Waals surface area contributed by atoms with Crippen LogP contribution in [0.1, 0.15) is 54.4 Å². The van der Waals surface area contributed by atoms with E-state index in [4.69, 9.17) is 0 Å². The Labute approximate surface area is 159 Å².